The number of hydrogen-bond donors (Lipinski definition) is 3. The topological polar surface area (TPSA) is 90.5 Å². The van der Waals surface area contributed by atoms with Crippen LogP contribution in [0.2, 0.25) is 5.02 Å². The lowest BCUT2D eigenvalue weighted by Crippen LogP contribution is -2.51. The molecule has 3 rings (SSSR count). The van der Waals surface area contributed by atoms with Crippen LogP contribution in [-0.2, 0) is 9.59 Å². The van der Waals surface area contributed by atoms with Crippen molar-refractivity contribution >= 4 is 35.1 Å². The van der Waals surface area contributed by atoms with E-state index in [-0.39, 0.29) is 12.5 Å². The zero-order valence-electron chi connectivity index (χ0n) is 13.1. The van der Waals surface area contributed by atoms with Crippen LogP contribution >= 0.6 is 11.6 Å². The van der Waals surface area contributed by atoms with E-state index < -0.39 is 17.5 Å². The Bertz CT molecular complexity index is 673. The molecule has 1 aliphatic heterocycles. The third-order valence-electron chi connectivity index (χ3n) is 4.42. The van der Waals surface area contributed by atoms with Crippen LogP contribution in [0.5, 0.6) is 0 Å². The van der Waals surface area contributed by atoms with Crippen LogP contribution in [0, 0.1) is 0 Å². The number of hydrazine groups is 1. The molecular formula is C16H19ClN4O3. The summed E-state index contributed by atoms with van der Waals surface area (Å²) >= 11 is 6.00. The number of carbonyl (C=O) groups is 3. The van der Waals surface area contributed by atoms with Crippen molar-refractivity contribution in [3.63, 3.8) is 0 Å². The summed E-state index contributed by atoms with van der Waals surface area (Å²) in [6.07, 6.45) is 4.06. The highest BCUT2D eigenvalue weighted by molar-refractivity contribution is 6.33. The number of para-hydroxylation sites is 1. The van der Waals surface area contributed by atoms with Crippen molar-refractivity contribution in [1.29, 1.82) is 0 Å². The van der Waals surface area contributed by atoms with E-state index in [9.17, 15) is 14.4 Å². The highest BCUT2D eigenvalue weighted by Crippen LogP contribution is 2.32. The van der Waals surface area contributed by atoms with Crippen LogP contribution in [0.1, 0.15) is 32.1 Å². The second-order valence-electron chi connectivity index (χ2n) is 6.08. The predicted octanol–water partition coefficient (Wildman–Crippen LogP) is 2.04. The van der Waals surface area contributed by atoms with Gasteiger partial charge in [-0.1, -0.05) is 43.0 Å². The number of imide groups is 1. The molecule has 3 N–H and O–H groups in total. The summed E-state index contributed by atoms with van der Waals surface area (Å²) in [5, 5.41) is 6.89. The second kappa shape index (κ2) is 6.68. The third-order valence-corrected chi connectivity index (χ3v) is 4.75. The number of rotatable bonds is 4. The van der Waals surface area contributed by atoms with Crippen molar-refractivity contribution < 1.29 is 14.4 Å². The first-order chi connectivity index (χ1) is 11.5. The minimum absolute atomic E-state index is 0.103. The number of amides is 4. The zero-order valence-corrected chi connectivity index (χ0v) is 13.9. The molecule has 0 aromatic heterocycles. The monoisotopic (exact) mass is 350 g/mol. The molecule has 1 aliphatic carbocycles. The summed E-state index contributed by atoms with van der Waals surface area (Å²) in [5.74, 6) is -0.871. The molecule has 1 saturated heterocycles. The second-order valence-corrected chi connectivity index (χ2v) is 6.49. The van der Waals surface area contributed by atoms with E-state index in [1.807, 2.05) is 0 Å². The Hall–Kier alpha value is -2.28. The number of hydrogen-bond acceptors (Lipinski definition) is 4. The molecule has 0 unspecified atom stereocenters. The predicted molar refractivity (Wildman–Crippen MR) is 89.3 cm³/mol. The van der Waals surface area contributed by atoms with Gasteiger partial charge in [0.25, 0.3) is 11.8 Å². The molecule has 2 aliphatic rings. The average molecular weight is 351 g/mol. The van der Waals surface area contributed by atoms with Gasteiger partial charge in [0, 0.05) is 0 Å². The molecule has 7 nitrogen and oxygen atoms in total. The van der Waals surface area contributed by atoms with E-state index in [1.165, 1.54) is 0 Å². The Labute approximate surface area is 144 Å². The van der Waals surface area contributed by atoms with Crippen LogP contribution < -0.4 is 16.1 Å². The van der Waals surface area contributed by atoms with Gasteiger partial charge in [0.05, 0.1) is 17.3 Å². The van der Waals surface area contributed by atoms with Gasteiger partial charge in [-0.05, 0) is 25.0 Å². The summed E-state index contributed by atoms with van der Waals surface area (Å²) < 4.78 is 0. The van der Waals surface area contributed by atoms with Crippen LogP contribution in [0.3, 0.4) is 0 Å². The standard InChI is InChI=1S/C16H19ClN4O3/c17-11-6-2-3-7-12(11)18-10-13(22)20-21-14(23)16(19-15(21)24)8-4-1-5-9-16/h2-3,6-7,18H,1,4-5,8-10H2,(H,19,24)(H,20,22). The first kappa shape index (κ1) is 16.6. The largest absolute Gasteiger partial charge is 0.375 e. The molecule has 0 bridgehead atoms. The number of nitrogens with one attached hydrogen (secondary N) is 3. The zero-order chi connectivity index (χ0) is 17.2. The lowest BCUT2D eigenvalue weighted by atomic mass is 9.82. The van der Waals surface area contributed by atoms with Crippen molar-refractivity contribution in [1.82, 2.24) is 15.8 Å². The van der Waals surface area contributed by atoms with Gasteiger partial charge in [0.15, 0.2) is 0 Å². The maximum Gasteiger partial charge on any atom is 0.344 e. The molecule has 1 heterocycles. The minimum Gasteiger partial charge on any atom is -0.375 e. The number of benzene rings is 1. The van der Waals surface area contributed by atoms with Gasteiger partial charge >= 0.3 is 6.03 Å². The highest BCUT2D eigenvalue weighted by Gasteiger charge is 2.52. The summed E-state index contributed by atoms with van der Waals surface area (Å²) in [5.41, 5.74) is 2.13. The number of carbonyl (C=O) groups excluding carboxylic acids is 3. The van der Waals surface area contributed by atoms with E-state index in [1.54, 1.807) is 24.3 Å². The fourth-order valence-corrected chi connectivity index (χ4v) is 3.36. The van der Waals surface area contributed by atoms with Crippen molar-refractivity contribution in [2.75, 3.05) is 11.9 Å². The maximum atomic E-state index is 12.5. The normalized spacial score (nSPS) is 19.3. The fraction of sp³-hybridized carbons (Fsp3) is 0.438. The van der Waals surface area contributed by atoms with Crippen molar-refractivity contribution in [2.45, 2.75) is 37.6 Å². The van der Waals surface area contributed by atoms with Crippen LogP contribution in [0.25, 0.3) is 0 Å². The molecule has 4 amide bonds. The van der Waals surface area contributed by atoms with E-state index in [4.69, 9.17) is 11.6 Å². The summed E-state index contributed by atoms with van der Waals surface area (Å²) in [6, 6.07) is 6.43. The van der Waals surface area contributed by atoms with E-state index in [0.29, 0.717) is 23.6 Å². The molecule has 8 heteroatoms. The molecule has 0 radical (unpaired) electrons. The number of urea groups is 1. The van der Waals surface area contributed by atoms with Crippen LogP contribution in [0.15, 0.2) is 24.3 Å². The van der Waals surface area contributed by atoms with Gasteiger partial charge in [-0.2, -0.15) is 5.01 Å². The van der Waals surface area contributed by atoms with Crippen LogP contribution in [-0.4, -0.2) is 34.9 Å². The smallest absolute Gasteiger partial charge is 0.344 e. The molecule has 1 aromatic carbocycles. The quantitative estimate of drug-likeness (QED) is 0.725. The van der Waals surface area contributed by atoms with Crippen molar-refractivity contribution in [3.05, 3.63) is 29.3 Å². The summed E-state index contributed by atoms with van der Waals surface area (Å²) in [6.45, 7) is -0.103. The minimum atomic E-state index is -0.848. The fourth-order valence-electron chi connectivity index (χ4n) is 3.16. The molecular weight excluding hydrogens is 332 g/mol. The number of nitrogens with zero attached hydrogens (tertiary/aromatic N) is 1. The van der Waals surface area contributed by atoms with Gasteiger partial charge in [-0.15, -0.1) is 0 Å². The highest BCUT2D eigenvalue weighted by atomic mass is 35.5. The maximum absolute atomic E-state index is 12.5. The lowest BCUT2D eigenvalue weighted by molar-refractivity contribution is -0.139. The first-order valence-corrected chi connectivity index (χ1v) is 8.34. The average Bonchev–Trinajstić information content (AvgIpc) is 2.79. The van der Waals surface area contributed by atoms with Gasteiger partial charge < -0.3 is 10.6 Å². The van der Waals surface area contributed by atoms with Crippen molar-refractivity contribution in [3.8, 4) is 0 Å². The van der Waals surface area contributed by atoms with Crippen LogP contribution in [0.4, 0.5) is 10.5 Å². The first-order valence-electron chi connectivity index (χ1n) is 7.96. The molecule has 1 aromatic rings. The van der Waals surface area contributed by atoms with Gasteiger partial charge in [0.1, 0.15) is 5.54 Å². The molecule has 1 spiro atoms. The number of anilines is 1. The molecule has 0 atom stereocenters. The molecule has 128 valence electrons. The Balaban J connectivity index is 1.59. The Morgan fingerprint density at radius 3 is 2.62 bits per heavy atom. The Morgan fingerprint density at radius 2 is 1.92 bits per heavy atom. The lowest BCUT2D eigenvalue weighted by Gasteiger charge is -2.30. The summed E-state index contributed by atoms with van der Waals surface area (Å²) in [7, 11) is 0. The molecule has 2 fully saturated rings. The Kier molecular flexibility index (Phi) is 4.62. The Morgan fingerprint density at radius 1 is 1.21 bits per heavy atom. The van der Waals surface area contributed by atoms with Gasteiger partial charge in [-0.25, -0.2) is 4.79 Å². The third kappa shape index (κ3) is 3.17. The SMILES string of the molecule is O=C(CNc1ccccc1Cl)NN1C(=O)NC2(CCCCC2)C1=O. The molecule has 24 heavy (non-hydrogen) atoms. The van der Waals surface area contributed by atoms with E-state index >= 15 is 0 Å². The molecule has 1 saturated carbocycles. The summed E-state index contributed by atoms with van der Waals surface area (Å²) in [4.78, 5) is 36.7. The van der Waals surface area contributed by atoms with E-state index in [0.717, 1.165) is 24.3 Å². The van der Waals surface area contributed by atoms with E-state index in [2.05, 4.69) is 16.1 Å². The number of halogens is 1. The van der Waals surface area contributed by atoms with Gasteiger partial charge in [-0.3, -0.25) is 15.0 Å². The van der Waals surface area contributed by atoms with Gasteiger partial charge in [0.2, 0.25) is 0 Å². The van der Waals surface area contributed by atoms with Crippen molar-refractivity contribution in [2.24, 2.45) is 0 Å².